The highest BCUT2D eigenvalue weighted by atomic mass is 79.9. The van der Waals surface area contributed by atoms with Gasteiger partial charge in [0.15, 0.2) is 6.17 Å². The van der Waals surface area contributed by atoms with Crippen LogP contribution in [0.3, 0.4) is 0 Å². The van der Waals surface area contributed by atoms with Crippen molar-refractivity contribution in [2.45, 2.75) is 13.1 Å². The predicted molar refractivity (Wildman–Crippen MR) is 74.7 cm³/mol. The average Bonchev–Trinajstić information content (AvgIpc) is 2.81. The summed E-state index contributed by atoms with van der Waals surface area (Å²) in [6.07, 6.45) is -0.326. The molecule has 19 heavy (non-hydrogen) atoms. The maximum Gasteiger partial charge on any atom is 0.166 e. The first kappa shape index (κ1) is 12.3. The fraction of sp³-hybridized carbons (Fsp3) is 0.143. The lowest BCUT2D eigenvalue weighted by molar-refractivity contribution is 0.625. The summed E-state index contributed by atoms with van der Waals surface area (Å²) in [4.78, 5) is 9.08. The second-order valence-electron chi connectivity index (χ2n) is 4.47. The van der Waals surface area contributed by atoms with E-state index in [-0.39, 0.29) is 12.0 Å². The lowest BCUT2D eigenvalue weighted by atomic mass is 10.2. The van der Waals surface area contributed by atoms with Gasteiger partial charge in [-0.2, -0.15) is 0 Å². The van der Waals surface area contributed by atoms with E-state index in [1.165, 1.54) is 12.1 Å². The first-order valence-electron chi connectivity index (χ1n) is 5.82. The number of nitrogens with two attached hydrogens (primary N) is 1. The van der Waals surface area contributed by atoms with E-state index in [9.17, 15) is 4.39 Å². The Morgan fingerprint density at radius 2 is 1.89 bits per heavy atom. The number of nitrogens with zero attached hydrogens (tertiary/aromatic N) is 2. The topological polar surface area (TPSA) is 50.7 Å². The number of halogens is 2. The van der Waals surface area contributed by atoms with Crippen molar-refractivity contribution in [1.82, 2.24) is 0 Å². The van der Waals surface area contributed by atoms with E-state index in [1.807, 2.05) is 13.0 Å². The molecule has 5 heteroatoms. The zero-order valence-electron chi connectivity index (χ0n) is 10.2. The second kappa shape index (κ2) is 4.42. The van der Waals surface area contributed by atoms with Gasteiger partial charge in [0.25, 0.3) is 0 Å². The van der Waals surface area contributed by atoms with Crippen molar-refractivity contribution >= 4 is 21.6 Å². The van der Waals surface area contributed by atoms with Crippen LogP contribution in [0.15, 0.2) is 44.8 Å². The average molecular weight is 320 g/mol. The SMILES string of the molecule is Cc1cc2c(c(Br)c1N)=NC(c1ccc(F)cc1)N=2. The molecule has 2 N–H and O–H groups in total. The van der Waals surface area contributed by atoms with E-state index in [2.05, 4.69) is 25.9 Å². The van der Waals surface area contributed by atoms with Crippen LogP contribution in [0.4, 0.5) is 10.1 Å². The van der Waals surface area contributed by atoms with Crippen molar-refractivity contribution < 1.29 is 4.39 Å². The molecular formula is C14H11BrFN3. The molecule has 1 unspecified atom stereocenters. The van der Waals surface area contributed by atoms with Crippen LogP contribution in [0.1, 0.15) is 17.3 Å². The third-order valence-corrected chi connectivity index (χ3v) is 3.95. The Morgan fingerprint density at radius 3 is 2.58 bits per heavy atom. The van der Waals surface area contributed by atoms with Gasteiger partial charge < -0.3 is 5.73 Å². The molecule has 1 aliphatic heterocycles. The molecule has 0 amide bonds. The van der Waals surface area contributed by atoms with Gasteiger partial charge in [-0.1, -0.05) is 12.1 Å². The van der Waals surface area contributed by atoms with E-state index < -0.39 is 0 Å². The van der Waals surface area contributed by atoms with Crippen LogP contribution in [-0.4, -0.2) is 0 Å². The highest BCUT2D eigenvalue weighted by Crippen LogP contribution is 2.23. The Balaban J connectivity index is 2.15. The van der Waals surface area contributed by atoms with E-state index in [0.717, 1.165) is 26.3 Å². The minimum atomic E-state index is -0.326. The molecule has 1 atom stereocenters. The summed E-state index contributed by atoms with van der Waals surface area (Å²) in [6, 6.07) is 8.14. The first-order valence-corrected chi connectivity index (χ1v) is 6.61. The Hall–Kier alpha value is -1.75. The lowest BCUT2D eigenvalue weighted by Crippen LogP contribution is -2.24. The molecule has 0 saturated heterocycles. The van der Waals surface area contributed by atoms with E-state index in [1.54, 1.807) is 12.1 Å². The number of rotatable bonds is 1. The molecule has 3 nitrogen and oxygen atoms in total. The van der Waals surface area contributed by atoms with Crippen molar-refractivity contribution in [2.75, 3.05) is 5.73 Å². The molecule has 0 saturated carbocycles. The molecule has 96 valence electrons. The van der Waals surface area contributed by atoms with Crippen LogP contribution >= 0.6 is 15.9 Å². The summed E-state index contributed by atoms with van der Waals surface area (Å²) in [5, 5.41) is 1.57. The van der Waals surface area contributed by atoms with Crippen molar-refractivity contribution in [3.05, 3.63) is 62.5 Å². The summed E-state index contributed by atoms with van der Waals surface area (Å²) < 4.78 is 13.7. The smallest absolute Gasteiger partial charge is 0.166 e. The van der Waals surface area contributed by atoms with Crippen molar-refractivity contribution in [3.63, 3.8) is 0 Å². The van der Waals surface area contributed by atoms with Gasteiger partial charge in [-0.25, -0.2) is 4.39 Å². The van der Waals surface area contributed by atoms with Gasteiger partial charge in [0.1, 0.15) is 11.2 Å². The number of fused-ring (bicyclic) bond motifs is 1. The van der Waals surface area contributed by atoms with E-state index in [0.29, 0.717) is 5.69 Å². The van der Waals surface area contributed by atoms with Crippen molar-refractivity contribution in [2.24, 2.45) is 9.98 Å². The molecular weight excluding hydrogens is 309 g/mol. The molecule has 0 spiro atoms. The van der Waals surface area contributed by atoms with E-state index >= 15 is 0 Å². The maximum absolute atomic E-state index is 12.9. The highest BCUT2D eigenvalue weighted by Gasteiger charge is 2.16. The predicted octanol–water partition coefficient (Wildman–Crippen LogP) is 2.43. The Labute approximate surface area is 117 Å². The third kappa shape index (κ3) is 2.04. The summed E-state index contributed by atoms with van der Waals surface area (Å²) in [5.41, 5.74) is 8.46. The van der Waals surface area contributed by atoms with Gasteiger partial charge in [-0.15, -0.1) is 0 Å². The number of benzene rings is 2. The number of hydrogen-bond donors (Lipinski definition) is 1. The Morgan fingerprint density at radius 1 is 1.21 bits per heavy atom. The van der Waals surface area contributed by atoms with Gasteiger partial charge in [-0.05, 0) is 52.2 Å². The molecule has 0 aromatic heterocycles. The Kier molecular flexibility index (Phi) is 2.86. The standard InChI is InChI=1S/C14H11BrFN3/c1-7-6-10-13(11(15)12(7)17)19-14(18-10)8-2-4-9(16)5-3-8/h2-6,14H,17H2,1H3. The zero-order valence-corrected chi connectivity index (χ0v) is 11.8. The molecule has 1 heterocycles. The zero-order chi connectivity index (χ0) is 13.6. The maximum atomic E-state index is 12.9. The van der Waals surface area contributed by atoms with Crippen molar-refractivity contribution in [1.29, 1.82) is 0 Å². The van der Waals surface area contributed by atoms with Crippen LogP contribution in [0.25, 0.3) is 0 Å². The normalized spacial score (nSPS) is 16.7. The largest absolute Gasteiger partial charge is 0.398 e. The number of aryl methyl sites for hydroxylation is 1. The van der Waals surface area contributed by atoms with Crippen LogP contribution in [0.5, 0.6) is 0 Å². The van der Waals surface area contributed by atoms with Gasteiger partial charge in [0, 0.05) is 0 Å². The van der Waals surface area contributed by atoms with Gasteiger partial charge in [0.2, 0.25) is 0 Å². The first-order chi connectivity index (χ1) is 9.06. The molecule has 0 aliphatic carbocycles. The van der Waals surface area contributed by atoms with E-state index in [4.69, 9.17) is 5.73 Å². The number of nitrogen functional groups attached to an aromatic ring is 1. The lowest BCUT2D eigenvalue weighted by Gasteiger charge is -2.03. The fourth-order valence-corrected chi connectivity index (χ4v) is 2.67. The summed E-state index contributed by atoms with van der Waals surface area (Å²) >= 11 is 3.45. The molecule has 2 aromatic rings. The summed E-state index contributed by atoms with van der Waals surface area (Å²) in [5.74, 6) is -0.263. The van der Waals surface area contributed by atoms with Crippen LogP contribution in [0, 0.1) is 12.7 Å². The van der Waals surface area contributed by atoms with Crippen LogP contribution < -0.4 is 16.4 Å². The van der Waals surface area contributed by atoms with Crippen molar-refractivity contribution in [3.8, 4) is 0 Å². The summed E-state index contributed by atoms with van der Waals surface area (Å²) in [7, 11) is 0. The second-order valence-corrected chi connectivity index (χ2v) is 5.27. The molecule has 2 aromatic carbocycles. The van der Waals surface area contributed by atoms with Gasteiger partial charge in [-0.3, -0.25) is 9.98 Å². The van der Waals surface area contributed by atoms with Crippen LogP contribution in [0.2, 0.25) is 0 Å². The molecule has 0 radical (unpaired) electrons. The monoisotopic (exact) mass is 319 g/mol. The third-order valence-electron chi connectivity index (χ3n) is 3.15. The fourth-order valence-electron chi connectivity index (χ4n) is 2.05. The number of anilines is 1. The Bertz CT molecular complexity index is 769. The molecule has 0 bridgehead atoms. The van der Waals surface area contributed by atoms with Gasteiger partial charge in [0.05, 0.1) is 15.5 Å². The summed E-state index contributed by atoms with van der Waals surface area (Å²) in [6.45, 7) is 1.93. The van der Waals surface area contributed by atoms with Gasteiger partial charge >= 0.3 is 0 Å². The van der Waals surface area contributed by atoms with Crippen LogP contribution in [-0.2, 0) is 0 Å². The molecule has 1 aliphatic rings. The highest BCUT2D eigenvalue weighted by molar-refractivity contribution is 9.10. The quantitative estimate of drug-likeness (QED) is 0.806. The minimum absolute atomic E-state index is 0.263. The molecule has 3 rings (SSSR count). The number of hydrogen-bond acceptors (Lipinski definition) is 3. The minimum Gasteiger partial charge on any atom is -0.398 e. The molecule has 0 fully saturated rings.